The fraction of sp³-hybridized carbons (Fsp3) is 0.391. The topological polar surface area (TPSA) is 85.8 Å². The number of amides is 3. The zero-order valence-electron chi connectivity index (χ0n) is 18.4. The van der Waals surface area contributed by atoms with Gasteiger partial charge in [-0.1, -0.05) is 12.1 Å². The zero-order chi connectivity index (χ0) is 22.7. The fourth-order valence-electron chi connectivity index (χ4n) is 4.15. The average Bonchev–Trinajstić information content (AvgIpc) is 3.18. The number of nitrogens with zero attached hydrogens (tertiary/aromatic N) is 4. The van der Waals surface area contributed by atoms with E-state index in [4.69, 9.17) is 9.47 Å². The van der Waals surface area contributed by atoms with Gasteiger partial charge in [-0.3, -0.25) is 9.69 Å². The first-order valence-electron chi connectivity index (χ1n) is 10.6. The molecule has 2 saturated heterocycles. The van der Waals surface area contributed by atoms with Crippen LogP contribution in [0, 0.1) is 0 Å². The predicted molar refractivity (Wildman–Crippen MR) is 121 cm³/mol. The van der Waals surface area contributed by atoms with Crippen molar-refractivity contribution in [1.29, 1.82) is 0 Å². The van der Waals surface area contributed by atoms with Gasteiger partial charge in [-0.25, -0.2) is 4.79 Å². The number of hydrogen-bond acceptors (Lipinski definition) is 6. The fourth-order valence-corrected chi connectivity index (χ4v) is 4.15. The van der Waals surface area contributed by atoms with Gasteiger partial charge in [-0.05, 0) is 24.3 Å². The van der Waals surface area contributed by atoms with Crippen LogP contribution in [-0.4, -0.2) is 86.9 Å². The van der Waals surface area contributed by atoms with Crippen molar-refractivity contribution in [3.8, 4) is 17.2 Å². The lowest BCUT2D eigenvalue weighted by Crippen LogP contribution is -2.51. The monoisotopic (exact) mass is 440 g/mol. The van der Waals surface area contributed by atoms with Gasteiger partial charge in [0, 0.05) is 51.0 Å². The van der Waals surface area contributed by atoms with Crippen LogP contribution < -0.4 is 19.3 Å². The number of benzene rings is 2. The van der Waals surface area contributed by atoms with Gasteiger partial charge in [0.05, 0.1) is 19.9 Å². The molecule has 0 bridgehead atoms. The van der Waals surface area contributed by atoms with Crippen molar-refractivity contribution in [1.82, 2.24) is 9.80 Å². The van der Waals surface area contributed by atoms with E-state index in [-0.39, 0.29) is 24.2 Å². The molecule has 170 valence electrons. The van der Waals surface area contributed by atoms with E-state index in [9.17, 15) is 14.7 Å². The highest BCUT2D eigenvalue weighted by Crippen LogP contribution is 2.33. The molecule has 2 aromatic carbocycles. The molecule has 2 aliphatic rings. The van der Waals surface area contributed by atoms with E-state index in [1.165, 1.54) is 0 Å². The number of phenolic OH excluding ortho intramolecular Hbond substituents is 1. The Labute approximate surface area is 187 Å². The molecular weight excluding hydrogens is 412 g/mol. The lowest BCUT2D eigenvalue weighted by molar-refractivity contribution is -0.131. The summed E-state index contributed by atoms with van der Waals surface area (Å²) < 4.78 is 10.6. The van der Waals surface area contributed by atoms with Crippen LogP contribution in [0.5, 0.6) is 17.2 Å². The molecule has 4 rings (SSSR count). The van der Waals surface area contributed by atoms with Crippen LogP contribution in [0.4, 0.5) is 16.2 Å². The van der Waals surface area contributed by atoms with E-state index >= 15 is 0 Å². The lowest BCUT2D eigenvalue weighted by atomic mass is 10.2. The van der Waals surface area contributed by atoms with Crippen molar-refractivity contribution in [2.75, 3.05) is 69.8 Å². The summed E-state index contributed by atoms with van der Waals surface area (Å²) >= 11 is 0. The van der Waals surface area contributed by atoms with Crippen molar-refractivity contribution in [2.45, 2.75) is 0 Å². The standard InChI is InChI=1S/C23H28N4O5/c1-31-20-8-7-17(15-21(20)32-2)27-14-13-26(23(27)30)16-22(29)25-11-9-24(10-12-25)18-5-3-4-6-19(18)28/h3-8,15,28H,9-14,16H2,1-2H3. The summed E-state index contributed by atoms with van der Waals surface area (Å²) in [4.78, 5) is 32.8. The first-order chi connectivity index (χ1) is 15.5. The molecule has 0 spiro atoms. The first kappa shape index (κ1) is 21.6. The maximum Gasteiger partial charge on any atom is 0.325 e. The molecule has 9 heteroatoms. The van der Waals surface area contributed by atoms with E-state index in [0.717, 1.165) is 5.69 Å². The van der Waals surface area contributed by atoms with Crippen LogP contribution in [0.3, 0.4) is 0 Å². The number of anilines is 2. The van der Waals surface area contributed by atoms with Crippen molar-refractivity contribution in [3.05, 3.63) is 42.5 Å². The summed E-state index contributed by atoms with van der Waals surface area (Å²) in [6, 6.07) is 12.3. The van der Waals surface area contributed by atoms with Crippen LogP contribution in [0.25, 0.3) is 0 Å². The van der Waals surface area contributed by atoms with Crippen LogP contribution in [-0.2, 0) is 4.79 Å². The molecule has 0 aliphatic carbocycles. The van der Waals surface area contributed by atoms with Gasteiger partial charge >= 0.3 is 6.03 Å². The summed E-state index contributed by atoms with van der Waals surface area (Å²) in [5, 5.41) is 10.1. The summed E-state index contributed by atoms with van der Waals surface area (Å²) in [6.45, 7) is 3.41. The number of aromatic hydroxyl groups is 1. The molecule has 2 aliphatic heterocycles. The molecule has 0 saturated carbocycles. The number of rotatable bonds is 6. The molecule has 2 aromatic rings. The molecule has 0 atom stereocenters. The van der Waals surface area contributed by atoms with Crippen LogP contribution in [0.1, 0.15) is 0 Å². The van der Waals surface area contributed by atoms with Crippen LogP contribution in [0.15, 0.2) is 42.5 Å². The van der Waals surface area contributed by atoms with Gasteiger partial charge < -0.3 is 29.3 Å². The molecule has 0 radical (unpaired) electrons. The Morgan fingerprint density at radius 2 is 1.66 bits per heavy atom. The number of phenols is 1. The van der Waals surface area contributed by atoms with E-state index in [2.05, 4.69) is 4.90 Å². The third-order valence-electron chi connectivity index (χ3n) is 5.95. The summed E-state index contributed by atoms with van der Waals surface area (Å²) in [6.07, 6.45) is 0. The van der Waals surface area contributed by atoms with E-state index in [0.29, 0.717) is 56.5 Å². The minimum atomic E-state index is -0.196. The highest BCUT2D eigenvalue weighted by Gasteiger charge is 2.33. The van der Waals surface area contributed by atoms with Gasteiger partial charge in [-0.15, -0.1) is 0 Å². The Kier molecular flexibility index (Phi) is 6.25. The third-order valence-corrected chi connectivity index (χ3v) is 5.95. The van der Waals surface area contributed by atoms with E-state index in [1.807, 2.05) is 18.2 Å². The number of piperazine rings is 1. The van der Waals surface area contributed by atoms with Crippen LogP contribution >= 0.6 is 0 Å². The minimum absolute atomic E-state index is 0.0548. The van der Waals surface area contributed by atoms with Gasteiger partial charge in [0.2, 0.25) is 5.91 Å². The largest absolute Gasteiger partial charge is 0.506 e. The summed E-state index contributed by atoms with van der Waals surface area (Å²) in [5.41, 5.74) is 1.48. The molecule has 0 aromatic heterocycles. The molecule has 3 amide bonds. The number of methoxy groups -OCH3 is 2. The zero-order valence-corrected chi connectivity index (χ0v) is 18.4. The van der Waals surface area contributed by atoms with E-state index in [1.54, 1.807) is 53.2 Å². The maximum absolute atomic E-state index is 12.9. The Morgan fingerprint density at radius 3 is 2.34 bits per heavy atom. The molecular formula is C23H28N4O5. The molecule has 2 heterocycles. The predicted octanol–water partition coefficient (Wildman–Crippen LogP) is 2.00. The maximum atomic E-state index is 12.9. The van der Waals surface area contributed by atoms with Gasteiger partial charge in [0.1, 0.15) is 12.3 Å². The minimum Gasteiger partial charge on any atom is -0.506 e. The van der Waals surface area contributed by atoms with E-state index < -0.39 is 0 Å². The number of para-hydroxylation sites is 2. The second kappa shape index (κ2) is 9.25. The summed E-state index contributed by atoms with van der Waals surface area (Å²) in [5.74, 6) is 1.32. The average molecular weight is 441 g/mol. The summed E-state index contributed by atoms with van der Waals surface area (Å²) in [7, 11) is 3.12. The highest BCUT2D eigenvalue weighted by molar-refractivity contribution is 5.96. The highest BCUT2D eigenvalue weighted by atomic mass is 16.5. The Morgan fingerprint density at radius 1 is 0.938 bits per heavy atom. The van der Waals surface area contributed by atoms with Crippen molar-refractivity contribution in [3.63, 3.8) is 0 Å². The quantitative estimate of drug-likeness (QED) is 0.740. The molecule has 0 unspecified atom stereocenters. The Hall–Kier alpha value is -3.62. The third kappa shape index (κ3) is 4.23. The van der Waals surface area contributed by atoms with Gasteiger partial charge in [0.25, 0.3) is 0 Å². The number of carbonyl (C=O) groups is 2. The Balaban J connectivity index is 1.34. The number of urea groups is 1. The second-order valence-electron chi connectivity index (χ2n) is 7.75. The van der Waals surface area contributed by atoms with Crippen molar-refractivity contribution >= 4 is 23.3 Å². The van der Waals surface area contributed by atoms with Crippen molar-refractivity contribution in [2.24, 2.45) is 0 Å². The SMILES string of the molecule is COc1ccc(N2CCN(CC(=O)N3CCN(c4ccccc4O)CC3)C2=O)cc1OC. The van der Waals surface area contributed by atoms with Crippen LogP contribution in [0.2, 0.25) is 0 Å². The number of hydrogen-bond donors (Lipinski definition) is 1. The molecule has 1 N–H and O–H groups in total. The molecule has 2 fully saturated rings. The molecule has 9 nitrogen and oxygen atoms in total. The van der Waals surface area contributed by atoms with Gasteiger partial charge in [-0.2, -0.15) is 0 Å². The Bertz CT molecular complexity index is 990. The smallest absolute Gasteiger partial charge is 0.325 e. The second-order valence-corrected chi connectivity index (χ2v) is 7.75. The lowest BCUT2D eigenvalue weighted by Gasteiger charge is -2.36. The number of carbonyl (C=O) groups excluding carboxylic acids is 2. The molecule has 32 heavy (non-hydrogen) atoms. The van der Waals surface area contributed by atoms with Crippen molar-refractivity contribution < 1.29 is 24.2 Å². The van der Waals surface area contributed by atoms with Gasteiger partial charge in [0.15, 0.2) is 11.5 Å². The number of ether oxygens (including phenoxy) is 2. The first-order valence-corrected chi connectivity index (χ1v) is 10.6. The normalized spacial score (nSPS) is 16.5.